The third-order valence-corrected chi connectivity index (χ3v) is 6.33. The number of fused-ring (bicyclic) bond motifs is 1. The van der Waals surface area contributed by atoms with Gasteiger partial charge < -0.3 is 9.73 Å². The van der Waals surface area contributed by atoms with Crippen LogP contribution in [-0.2, 0) is 0 Å². The van der Waals surface area contributed by atoms with Gasteiger partial charge in [-0.05, 0) is 43.0 Å². The zero-order chi connectivity index (χ0) is 19.1. The molecular weight excluding hydrogens is 375 g/mol. The number of carbonyl (C=O) groups excluding carboxylic acids is 1. The van der Waals surface area contributed by atoms with Crippen LogP contribution in [0.5, 0.6) is 0 Å². The Kier molecular flexibility index (Phi) is 4.43. The third kappa shape index (κ3) is 3.22. The Bertz CT molecular complexity index is 1030. The fourth-order valence-corrected chi connectivity index (χ4v) is 4.72. The van der Waals surface area contributed by atoms with Gasteiger partial charge in [-0.25, -0.2) is 9.37 Å². The van der Waals surface area contributed by atoms with E-state index in [0.29, 0.717) is 22.2 Å². The van der Waals surface area contributed by atoms with Gasteiger partial charge in [-0.1, -0.05) is 30.3 Å². The Morgan fingerprint density at radius 1 is 1.11 bits per heavy atom. The number of thioether (sulfide) groups is 1. The van der Waals surface area contributed by atoms with E-state index in [0.717, 1.165) is 36.1 Å². The van der Waals surface area contributed by atoms with E-state index in [4.69, 9.17) is 4.42 Å². The number of oxazole rings is 1. The van der Waals surface area contributed by atoms with Crippen LogP contribution >= 0.6 is 11.8 Å². The van der Waals surface area contributed by atoms with Crippen LogP contribution in [0.3, 0.4) is 0 Å². The van der Waals surface area contributed by atoms with Crippen molar-refractivity contribution in [2.75, 3.05) is 5.75 Å². The number of nitrogens with one attached hydrogen (secondary N) is 1. The van der Waals surface area contributed by atoms with Gasteiger partial charge in [-0.15, -0.1) is 11.8 Å². The van der Waals surface area contributed by atoms with E-state index in [-0.39, 0.29) is 23.7 Å². The molecule has 3 aromatic rings. The van der Waals surface area contributed by atoms with Crippen molar-refractivity contribution in [2.24, 2.45) is 0 Å². The Morgan fingerprint density at radius 3 is 2.71 bits per heavy atom. The zero-order valence-corrected chi connectivity index (χ0v) is 16.0. The highest BCUT2D eigenvalue weighted by atomic mass is 32.2. The van der Waals surface area contributed by atoms with E-state index in [9.17, 15) is 9.18 Å². The standard InChI is InChI=1S/C22H19FN2O2S/c23-16-8-4-7-15-17(11-12-28-20(15)16)24-21(26)18-19(13-9-10-13)27-22(25-18)14-5-2-1-3-6-14/h1-8,13,17H,9-12H2,(H,24,26). The summed E-state index contributed by atoms with van der Waals surface area (Å²) >= 11 is 1.50. The minimum Gasteiger partial charge on any atom is -0.440 e. The molecule has 4 nitrogen and oxygen atoms in total. The molecule has 1 atom stereocenters. The molecule has 2 heterocycles. The van der Waals surface area contributed by atoms with Gasteiger partial charge in [0.05, 0.1) is 6.04 Å². The average Bonchev–Trinajstić information content (AvgIpc) is 3.47. The normalized spacial score (nSPS) is 18.5. The number of rotatable bonds is 4. The minimum atomic E-state index is -0.250. The summed E-state index contributed by atoms with van der Waals surface area (Å²) in [6, 6.07) is 14.4. The number of amides is 1. The molecule has 0 radical (unpaired) electrons. The molecule has 1 aromatic heterocycles. The third-order valence-electron chi connectivity index (χ3n) is 5.17. The molecule has 1 unspecified atom stereocenters. The van der Waals surface area contributed by atoms with Crippen LogP contribution in [0.25, 0.3) is 11.5 Å². The van der Waals surface area contributed by atoms with Crippen LogP contribution in [0, 0.1) is 5.82 Å². The van der Waals surface area contributed by atoms with Crippen LogP contribution in [0.1, 0.15) is 53.0 Å². The molecule has 1 amide bonds. The van der Waals surface area contributed by atoms with Crippen LogP contribution in [0.4, 0.5) is 4.39 Å². The molecule has 1 fully saturated rings. The first-order valence-corrected chi connectivity index (χ1v) is 10.5. The van der Waals surface area contributed by atoms with Gasteiger partial charge in [-0.2, -0.15) is 0 Å². The molecule has 1 saturated carbocycles. The fourth-order valence-electron chi connectivity index (χ4n) is 3.58. The second-order valence-electron chi connectivity index (χ2n) is 7.19. The lowest BCUT2D eigenvalue weighted by molar-refractivity contribution is 0.0928. The van der Waals surface area contributed by atoms with Crippen molar-refractivity contribution >= 4 is 17.7 Å². The van der Waals surface area contributed by atoms with Gasteiger partial charge in [0, 0.05) is 22.1 Å². The molecule has 1 aliphatic carbocycles. The van der Waals surface area contributed by atoms with Crippen LogP contribution in [0.2, 0.25) is 0 Å². The maximum Gasteiger partial charge on any atom is 0.274 e. The summed E-state index contributed by atoms with van der Waals surface area (Å²) in [5, 5.41) is 3.06. The number of halogens is 1. The Morgan fingerprint density at radius 2 is 1.93 bits per heavy atom. The maximum atomic E-state index is 14.1. The zero-order valence-electron chi connectivity index (χ0n) is 15.2. The first kappa shape index (κ1) is 17.5. The Hall–Kier alpha value is -2.60. The Labute approximate surface area is 166 Å². The topological polar surface area (TPSA) is 55.1 Å². The molecular formula is C22H19FN2O2S. The number of benzene rings is 2. The van der Waals surface area contributed by atoms with Crippen molar-refractivity contribution in [3.05, 3.63) is 71.4 Å². The van der Waals surface area contributed by atoms with Crippen LogP contribution in [0.15, 0.2) is 57.8 Å². The highest BCUT2D eigenvalue weighted by Crippen LogP contribution is 2.43. The molecule has 0 spiro atoms. The van der Waals surface area contributed by atoms with Crippen molar-refractivity contribution < 1.29 is 13.6 Å². The predicted molar refractivity (Wildman–Crippen MR) is 106 cm³/mol. The molecule has 2 aromatic carbocycles. The second-order valence-corrected chi connectivity index (χ2v) is 8.30. The van der Waals surface area contributed by atoms with Gasteiger partial charge in [0.2, 0.25) is 5.89 Å². The van der Waals surface area contributed by atoms with E-state index < -0.39 is 0 Å². The predicted octanol–water partition coefficient (Wildman–Crippen LogP) is 5.33. The molecule has 142 valence electrons. The summed E-state index contributed by atoms with van der Waals surface area (Å²) < 4.78 is 20.1. The van der Waals surface area contributed by atoms with Gasteiger partial charge in [0.15, 0.2) is 5.69 Å². The first-order chi connectivity index (χ1) is 13.7. The van der Waals surface area contributed by atoms with E-state index in [1.165, 1.54) is 17.8 Å². The van der Waals surface area contributed by atoms with Crippen molar-refractivity contribution in [1.82, 2.24) is 10.3 Å². The number of hydrogen-bond acceptors (Lipinski definition) is 4. The average molecular weight is 394 g/mol. The first-order valence-electron chi connectivity index (χ1n) is 9.49. The molecule has 2 aliphatic rings. The molecule has 0 saturated heterocycles. The summed E-state index contributed by atoms with van der Waals surface area (Å²) in [5.74, 6) is 1.69. The second kappa shape index (κ2) is 7.09. The van der Waals surface area contributed by atoms with Crippen LogP contribution < -0.4 is 5.32 Å². The maximum absolute atomic E-state index is 14.1. The van der Waals surface area contributed by atoms with Gasteiger partial charge in [-0.3, -0.25) is 4.79 Å². The number of nitrogens with zero attached hydrogens (tertiary/aromatic N) is 1. The largest absolute Gasteiger partial charge is 0.440 e. The lowest BCUT2D eigenvalue weighted by Gasteiger charge is -2.26. The fraction of sp³-hybridized carbons (Fsp3) is 0.273. The lowest BCUT2D eigenvalue weighted by Crippen LogP contribution is -2.31. The molecule has 1 aliphatic heterocycles. The summed E-state index contributed by atoms with van der Waals surface area (Å²) in [4.78, 5) is 18.2. The van der Waals surface area contributed by atoms with Gasteiger partial charge >= 0.3 is 0 Å². The quantitative estimate of drug-likeness (QED) is 0.650. The lowest BCUT2D eigenvalue weighted by atomic mass is 10.0. The SMILES string of the molecule is O=C(NC1CCSc2c(F)cccc21)c1nc(-c2ccccc2)oc1C1CC1. The molecule has 6 heteroatoms. The van der Waals surface area contributed by atoms with Gasteiger partial charge in [0.25, 0.3) is 5.91 Å². The van der Waals surface area contributed by atoms with E-state index in [1.54, 1.807) is 6.07 Å². The summed E-state index contributed by atoms with van der Waals surface area (Å²) in [6.45, 7) is 0. The smallest absolute Gasteiger partial charge is 0.274 e. The van der Waals surface area contributed by atoms with Crippen molar-refractivity contribution in [3.8, 4) is 11.5 Å². The summed E-state index contributed by atoms with van der Waals surface area (Å²) in [5.41, 5.74) is 2.05. The van der Waals surface area contributed by atoms with E-state index >= 15 is 0 Å². The Balaban J connectivity index is 1.45. The number of hydrogen-bond donors (Lipinski definition) is 1. The number of aromatic nitrogens is 1. The van der Waals surface area contributed by atoms with E-state index in [1.807, 2.05) is 36.4 Å². The molecule has 28 heavy (non-hydrogen) atoms. The van der Waals surface area contributed by atoms with Crippen molar-refractivity contribution in [1.29, 1.82) is 0 Å². The highest BCUT2D eigenvalue weighted by Gasteiger charge is 2.35. The minimum absolute atomic E-state index is 0.219. The van der Waals surface area contributed by atoms with Crippen molar-refractivity contribution in [3.63, 3.8) is 0 Å². The summed E-state index contributed by atoms with van der Waals surface area (Å²) in [7, 11) is 0. The number of carbonyl (C=O) groups is 1. The van der Waals surface area contributed by atoms with Crippen molar-refractivity contribution in [2.45, 2.75) is 36.1 Å². The molecule has 5 rings (SSSR count). The monoisotopic (exact) mass is 394 g/mol. The highest BCUT2D eigenvalue weighted by molar-refractivity contribution is 7.99. The molecule has 1 N–H and O–H groups in total. The van der Waals surface area contributed by atoms with Gasteiger partial charge in [0.1, 0.15) is 11.6 Å². The molecule has 0 bridgehead atoms. The van der Waals surface area contributed by atoms with Crippen LogP contribution in [-0.4, -0.2) is 16.6 Å². The van der Waals surface area contributed by atoms with E-state index in [2.05, 4.69) is 10.3 Å². The summed E-state index contributed by atoms with van der Waals surface area (Å²) in [6.07, 6.45) is 2.78.